The van der Waals surface area contributed by atoms with Crippen molar-refractivity contribution in [1.82, 2.24) is 10.3 Å². The summed E-state index contributed by atoms with van der Waals surface area (Å²) < 4.78 is 6.22. The number of fused-ring (bicyclic) bond motifs is 2. The van der Waals surface area contributed by atoms with E-state index in [1.807, 2.05) is 60.7 Å². The number of halogens is 1. The fourth-order valence-electron chi connectivity index (χ4n) is 4.17. The van der Waals surface area contributed by atoms with Gasteiger partial charge in [-0.3, -0.25) is 10.1 Å². The molecule has 178 valence electrons. The summed E-state index contributed by atoms with van der Waals surface area (Å²) in [5.41, 5.74) is 3.72. The van der Waals surface area contributed by atoms with Crippen molar-refractivity contribution in [2.24, 2.45) is 10.1 Å². The highest BCUT2D eigenvalue weighted by molar-refractivity contribution is 8.13. The number of hydrogen-bond donors (Lipinski definition) is 1. The molecule has 0 saturated heterocycles. The van der Waals surface area contributed by atoms with Crippen LogP contribution >= 0.6 is 23.4 Å². The number of para-hydroxylation sites is 1. The summed E-state index contributed by atoms with van der Waals surface area (Å²) in [6.45, 7) is 2.06. The standard InChI is InChI=1S/C28H21ClN4O2S/c1-17-6-8-18(9-7-17)16-36-28-31-27(34)25-21-4-2-3-5-22(21)30-26(33(25)32-28)24-15-14-23(35-24)19-10-12-20(29)13-11-19/h2-15,26H,16H2,1H3,(H,31,32,34)/t26-/m1/s1. The number of furan rings is 1. The van der Waals surface area contributed by atoms with Crippen molar-refractivity contribution >= 4 is 40.1 Å². The molecular weight excluding hydrogens is 492 g/mol. The Hall–Kier alpha value is -3.81. The molecule has 0 fully saturated rings. The Bertz CT molecular complexity index is 1610. The Morgan fingerprint density at radius 1 is 1.00 bits per heavy atom. The van der Waals surface area contributed by atoms with Crippen molar-refractivity contribution in [3.8, 4) is 11.3 Å². The average molecular weight is 513 g/mol. The van der Waals surface area contributed by atoms with E-state index in [4.69, 9.17) is 26.1 Å². The van der Waals surface area contributed by atoms with Crippen LogP contribution < -0.4 is 15.9 Å². The molecule has 3 aromatic carbocycles. The SMILES string of the molecule is Cc1ccc(CSC2=NN3C(=c4ccccc4=N[C@H]3c3ccc(-c4ccc(Cl)cc4)o3)C(=O)N2)cc1. The molecule has 8 heteroatoms. The van der Waals surface area contributed by atoms with E-state index in [-0.39, 0.29) is 5.91 Å². The predicted octanol–water partition coefficient (Wildman–Crippen LogP) is 4.98. The van der Waals surface area contributed by atoms with Gasteiger partial charge in [0, 0.05) is 21.6 Å². The maximum atomic E-state index is 13.3. The molecule has 0 bridgehead atoms. The number of carbonyl (C=O) groups is 1. The van der Waals surface area contributed by atoms with Gasteiger partial charge in [-0.2, -0.15) is 0 Å². The van der Waals surface area contributed by atoms with Gasteiger partial charge in [0.05, 0.1) is 5.36 Å². The number of carbonyl (C=O) groups excluding carboxylic acids is 1. The quantitative estimate of drug-likeness (QED) is 0.418. The van der Waals surface area contributed by atoms with Crippen LogP contribution in [0.4, 0.5) is 0 Å². The molecule has 0 radical (unpaired) electrons. The number of thioether (sulfide) groups is 1. The second-order valence-electron chi connectivity index (χ2n) is 8.56. The van der Waals surface area contributed by atoms with Crippen LogP contribution in [-0.4, -0.2) is 16.1 Å². The lowest BCUT2D eigenvalue weighted by Crippen LogP contribution is -2.50. The molecule has 0 aliphatic carbocycles. The molecule has 4 aromatic rings. The highest BCUT2D eigenvalue weighted by atomic mass is 35.5. The minimum absolute atomic E-state index is 0.215. The van der Waals surface area contributed by atoms with E-state index in [1.54, 1.807) is 5.01 Å². The predicted molar refractivity (Wildman–Crippen MR) is 142 cm³/mol. The van der Waals surface area contributed by atoms with Crippen molar-refractivity contribution in [1.29, 1.82) is 0 Å². The first-order valence-electron chi connectivity index (χ1n) is 11.5. The summed E-state index contributed by atoms with van der Waals surface area (Å²) in [7, 11) is 0. The molecule has 1 atom stereocenters. The summed E-state index contributed by atoms with van der Waals surface area (Å²) in [6, 6.07) is 27.1. The van der Waals surface area contributed by atoms with E-state index in [2.05, 4.69) is 36.5 Å². The number of nitrogens with zero attached hydrogens (tertiary/aromatic N) is 3. The van der Waals surface area contributed by atoms with E-state index < -0.39 is 6.17 Å². The molecular formula is C28H21ClN4O2S. The van der Waals surface area contributed by atoms with Crippen LogP contribution in [0.3, 0.4) is 0 Å². The monoisotopic (exact) mass is 512 g/mol. The summed E-state index contributed by atoms with van der Waals surface area (Å²) in [5, 5.41) is 12.1. The number of nitrogens with one attached hydrogen (secondary N) is 1. The summed E-state index contributed by atoms with van der Waals surface area (Å²) >= 11 is 7.52. The Labute approximate surface area is 217 Å². The molecule has 36 heavy (non-hydrogen) atoms. The number of amides is 1. The van der Waals surface area contributed by atoms with Gasteiger partial charge in [0.25, 0.3) is 5.91 Å². The van der Waals surface area contributed by atoms with Crippen molar-refractivity contribution in [3.05, 3.63) is 117 Å². The van der Waals surface area contributed by atoms with E-state index in [0.29, 0.717) is 33.2 Å². The van der Waals surface area contributed by atoms with Crippen LogP contribution in [0.15, 0.2) is 99.4 Å². The summed E-state index contributed by atoms with van der Waals surface area (Å²) in [6.07, 6.45) is -0.614. The fraction of sp³-hybridized carbons (Fsp3) is 0.107. The molecule has 0 unspecified atom stereocenters. The largest absolute Gasteiger partial charge is 0.457 e. The fourth-order valence-corrected chi connectivity index (χ4v) is 5.11. The smallest absolute Gasteiger partial charge is 0.276 e. The van der Waals surface area contributed by atoms with Crippen molar-refractivity contribution in [3.63, 3.8) is 0 Å². The molecule has 1 amide bonds. The maximum Gasteiger partial charge on any atom is 0.276 e. The number of hydrazone groups is 1. The molecule has 6 nitrogen and oxygen atoms in total. The number of benzene rings is 3. The molecule has 1 aromatic heterocycles. The Morgan fingerprint density at radius 2 is 1.78 bits per heavy atom. The minimum Gasteiger partial charge on any atom is -0.457 e. The normalized spacial score (nSPS) is 16.6. The van der Waals surface area contributed by atoms with Crippen LogP contribution in [0.25, 0.3) is 17.0 Å². The van der Waals surface area contributed by atoms with Crippen LogP contribution in [0.1, 0.15) is 23.1 Å². The maximum absolute atomic E-state index is 13.3. The first-order valence-corrected chi connectivity index (χ1v) is 12.8. The van der Waals surface area contributed by atoms with Crippen molar-refractivity contribution < 1.29 is 9.21 Å². The van der Waals surface area contributed by atoms with Gasteiger partial charge < -0.3 is 4.42 Å². The van der Waals surface area contributed by atoms with E-state index in [1.165, 1.54) is 17.3 Å². The van der Waals surface area contributed by atoms with Crippen molar-refractivity contribution in [2.45, 2.75) is 18.8 Å². The van der Waals surface area contributed by atoms with Crippen molar-refractivity contribution in [2.75, 3.05) is 0 Å². The van der Waals surface area contributed by atoms with E-state index >= 15 is 0 Å². The van der Waals surface area contributed by atoms with Gasteiger partial charge in [-0.25, -0.2) is 10.0 Å². The third-order valence-electron chi connectivity index (χ3n) is 6.02. The van der Waals surface area contributed by atoms with Gasteiger partial charge in [-0.15, -0.1) is 5.10 Å². The number of rotatable bonds is 4. The van der Waals surface area contributed by atoms with E-state index in [0.717, 1.165) is 21.7 Å². The lowest BCUT2D eigenvalue weighted by Gasteiger charge is -2.32. The highest BCUT2D eigenvalue weighted by Gasteiger charge is 2.36. The van der Waals surface area contributed by atoms with Gasteiger partial charge in [0.2, 0.25) is 6.17 Å². The van der Waals surface area contributed by atoms with E-state index in [9.17, 15) is 4.79 Å². The van der Waals surface area contributed by atoms with Gasteiger partial charge >= 0.3 is 0 Å². The Kier molecular flexibility index (Phi) is 5.87. The molecule has 3 heterocycles. The van der Waals surface area contributed by atoms with Gasteiger partial charge in [0.15, 0.2) is 10.9 Å². The Morgan fingerprint density at radius 3 is 2.58 bits per heavy atom. The highest BCUT2D eigenvalue weighted by Crippen LogP contribution is 2.34. The summed E-state index contributed by atoms with van der Waals surface area (Å²) in [5.74, 6) is 1.75. The summed E-state index contributed by atoms with van der Waals surface area (Å²) in [4.78, 5) is 18.2. The molecule has 1 N–H and O–H groups in total. The number of hydrogen-bond acceptors (Lipinski definition) is 6. The van der Waals surface area contributed by atoms with Crippen LogP contribution in [0.2, 0.25) is 5.02 Å². The molecule has 2 aliphatic rings. The van der Waals surface area contributed by atoms with Gasteiger partial charge in [-0.1, -0.05) is 71.4 Å². The topological polar surface area (TPSA) is 70.2 Å². The molecule has 6 rings (SSSR count). The molecule has 0 spiro atoms. The molecule has 0 saturated carbocycles. The van der Waals surface area contributed by atoms with Crippen LogP contribution in [0, 0.1) is 6.92 Å². The van der Waals surface area contributed by atoms with Crippen LogP contribution in [0.5, 0.6) is 0 Å². The van der Waals surface area contributed by atoms with Gasteiger partial charge in [0.1, 0.15) is 11.5 Å². The second kappa shape index (κ2) is 9.33. The zero-order valence-corrected chi connectivity index (χ0v) is 20.9. The third kappa shape index (κ3) is 4.32. The lowest BCUT2D eigenvalue weighted by atomic mass is 10.1. The Balaban J connectivity index is 1.38. The zero-order chi connectivity index (χ0) is 24.6. The first-order chi connectivity index (χ1) is 17.5. The van der Waals surface area contributed by atoms with Gasteiger partial charge in [-0.05, 0) is 55.0 Å². The average Bonchev–Trinajstić information content (AvgIpc) is 3.38. The molecule has 2 aliphatic heterocycles. The third-order valence-corrected chi connectivity index (χ3v) is 7.21. The zero-order valence-electron chi connectivity index (χ0n) is 19.3. The number of aryl methyl sites for hydroxylation is 1. The second-order valence-corrected chi connectivity index (χ2v) is 9.96. The lowest BCUT2D eigenvalue weighted by molar-refractivity contribution is -0.116. The van der Waals surface area contributed by atoms with Crippen LogP contribution in [-0.2, 0) is 10.5 Å². The minimum atomic E-state index is -0.614. The first kappa shape index (κ1) is 22.6. The number of amidine groups is 1.